The Morgan fingerprint density at radius 3 is 2.89 bits per heavy atom. The molecule has 2 N–H and O–H groups in total. The normalized spacial score (nSPS) is 15.0. The first-order chi connectivity index (χ1) is 13.3. The molecule has 3 aromatic rings. The Labute approximate surface area is 159 Å². The summed E-state index contributed by atoms with van der Waals surface area (Å²) >= 11 is 0. The smallest absolute Gasteiger partial charge is 0.163 e. The first-order valence-electron chi connectivity index (χ1n) is 9.56. The molecule has 4 rings (SSSR count). The van der Waals surface area contributed by atoms with Gasteiger partial charge in [0.2, 0.25) is 0 Å². The number of anilines is 1. The van der Waals surface area contributed by atoms with Crippen molar-refractivity contribution in [3.05, 3.63) is 54.5 Å². The first kappa shape index (κ1) is 17.6. The summed E-state index contributed by atoms with van der Waals surface area (Å²) in [5.74, 6) is 1.69. The molecule has 140 valence electrons. The minimum atomic E-state index is 0.274. The van der Waals surface area contributed by atoms with Crippen molar-refractivity contribution in [3.63, 3.8) is 0 Å². The van der Waals surface area contributed by atoms with E-state index in [9.17, 15) is 0 Å². The van der Waals surface area contributed by atoms with Gasteiger partial charge in [0.25, 0.3) is 0 Å². The summed E-state index contributed by atoms with van der Waals surface area (Å²) in [6.07, 6.45) is 12.1. The predicted octanol–water partition coefficient (Wildman–Crippen LogP) is 2.31. The molecule has 0 spiro atoms. The van der Waals surface area contributed by atoms with Gasteiger partial charge in [0.15, 0.2) is 5.82 Å². The van der Waals surface area contributed by atoms with Crippen LogP contribution in [0.4, 0.5) is 5.82 Å². The van der Waals surface area contributed by atoms with Crippen molar-refractivity contribution in [2.75, 3.05) is 18.4 Å². The lowest BCUT2D eigenvalue weighted by atomic mass is 10.1. The molecule has 0 radical (unpaired) electrons. The first-order valence-corrected chi connectivity index (χ1v) is 9.56. The molecule has 0 fully saturated rings. The Hall–Kier alpha value is -2.80. The molecule has 7 heteroatoms. The van der Waals surface area contributed by atoms with Crippen molar-refractivity contribution in [1.82, 2.24) is 29.8 Å². The lowest BCUT2D eigenvalue weighted by Crippen LogP contribution is -2.26. The maximum atomic E-state index is 4.90. The van der Waals surface area contributed by atoms with Gasteiger partial charge in [0, 0.05) is 61.5 Å². The summed E-state index contributed by atoms with van der Waals surface area (Å²) in [7, 11) is 0. The average molecular weight is 363 g/mol. The Balaban J connectivity index is 1.68. The van der Waals surface area contributed by atoms with E-state index >= 15 is 0 Å². The van der Waals surface area contributed by atoms with Gasteiger partial charge in [-0.15, -0.1) is 0 Å². The quantitative estimate of drug-likeness (QED) is 0.700. The van der Waals surface area contributed by atoms with Gasteiger partial charge in [-0.1, -0.05) is 6.92 Å². The summed E-state index contributed by atoms with van der Waals surface area (Å²) < 4.78 is 2.10. The average Bonchev–Trinajstić information content (AvgIpc) is 3.10. The molecule has 0 aliphatic carbocycles. The molecule has 0 saturated carbocycles. The van der Waals surface area contributed by atoms with Crippen LogP contribution in [0.3, 0.4) is 0 Å². The Bertz CT molecular complexity index is 862. The number of hydrogen-bond donors (Lipinski definition) is 2. The van der Waals surface area contributed by atoms with Gasteiger partial charge in [-0.05, 0) is 31.5 Å². The molecular formula is C20H25N7. The van der Waals surface area contributed by atoms with Crippen LogP contribution in [-0.4, -0.2) is 43.6 Å². The molecule has 1 aliphatic rings. The van der Waals surface area contributed by atoms with Crippen molar-refractivity contribution in [2.45, 2.75) is 38.8 Å². The van der Waals surface area contributed by atoms with Crippen LogP contribution in [0.2, 0.25) is 0 Å². The van der Waals surface area contributed by atoms with Gasteiger partial charge in [-0.3, -0.25) is 4.98 Å². The van der Waals surface area contributed by atoms with Crippen LogP contribution in [-0.2, 0) is 19.4 Å². The summed E-state index contributed by atoms with van der Waals surface area (Å²) in [4.78, 5) is 18.1. The topological polar surface area (TPSA) is 80.6 Å². The minimum absolute atomic E-state index is 0.274. The lowest BCUT2D eigenvalue weighted by molar-refractivity contribution is 0.566. The summed E-state index contributed by atoms with van der Waals surface area (Å²) in [5.41, 5.74) is 3.31. The Kier molecular flexibility index (Phi) is 5.39. The maximum Gasteiger partial charge on any atom is 0.163 e. The van der Waals surface area contributed by atoms with Crippen molar-refractivity contribution in [2.24, 2.45) is 0 Å². The monoisotopic (exact) mass is 363 g/mol. The molecule has 0 amide bonds. The summed E-state index contributed by atoms with van der Waals surface area (Å²) in [6.45, 7) is 4.95. The van der Waals surface area contributed by atoms with E-state index < -0.39 is 0 Å². The predicted molar refractivity (Wildman–Crippen MR) is 105 cm³/mol. The van der Waals surface area contributed by atoms with Crippen molar-refractivity contribution >= 4 is 5.82 Å². The minimum Gasteiger partial charge on any atom is -0.365 e. The zero-order chi connectivity index (χ0) is 18.5. The molecule has 4 heterocycles. The highest BCUT2D eigenvalue weighted by Crippen LogP contribution is 2.25. The maximum absolute atomic E-state index is 4.90. The van der Waals surface area contributed by atoms with Crippen LogP contribution in [0.25, 0.3) is 11.4 Å². The second kappa shape index (κ2) is 8.26. The van der Waals surface area contributed by atoms with E-state index in [1.165, 1.54) is 5.56 Å². The Morgan fingerprint density at radius 2 is 2.11 bits per heavy atom. The third kappa shape index (κ3) is 4.14. The highest BCUT2D eigenvalue weighted by Gasteiger charge is 2.19. The zero-order valence-electron chi connectivity index (χ0n) is 15.6. The van der Waals surface area contributed by atoms with E-state index in [1.807, 2.05) is 37.1 Å². The number of aromatic nitrogens is 5. The van der Waals surface area contributed by atoms with E-state index in [4.69, 9.17) is 9.97 Å². The molecule has 3 aromatic heterocycles. The number of nitrogens with one attached hydrogen (secondary N) is 2. The third-order valence-corrected chi connectivity index (χ3v) is 4.93. The third-order valence-electron chi connectivity index (χ3n) is 4.93. The fraction of sp³-hybridized carbons (Fsp3) is 0.400. The number of hydrogen-bond acceptors (Lipinski definition) is 6. The van der Waals surface area contributed by atoms with Crippen molar-refractivity contribution in [3.8, 4) is 11.4 Å². The van der Waals surface area contributed by atoms with Crippen LogP contribution in [0.5, 0.6) is 0 Å². The SMILES string of the molecule is CC[C@H](Cn1ccnc1)Nc1nc(-c2cccnc2)nc2c1CCNCC2. The van der Waals surface area contributed by atoms with Crippen molar-refractivity contribution < 1.29 is 0 Å². The molecule has 0 unspecified atom stereocenters. The standard InChI is InChI=1S/C20H25N7/c1-2-16(13-27-11-10-23-14-27)24-20-17-5-8-21-9-6-18(17)25-19(26-20)15-4-3-7-22-12-15/h3-4,7,10-12,14,16,21H,2,5-6,8-9,13H2,1H3,(H,24,25,26)/t16-/m1/s1. The fourth-order valence-corrected chi connectivity index (χ4v) is 3.41. The van der Waals surface area contributed by atoms with Gasteiger partial charge in [-0.2, -0.15) is 0 Å². The van der Waals surface area contributed by atoms with Gasteiger partial charge in [0.1, 0.15) is 5.82 Å². The molecular weight excluding hydrogens is 338 g/mol. The molecule has 27 heavy (non-hydrogen) atoms. The molecule has 1 atom stereocenters. The fourth-order valence-electron chi connectivity index (χ4n) is 3.41. The second-order valence-electron chi connectivity index (χ2n) is 6.82. The van der Waals surface area contributed by atoms with E-state index in [1.54, 1.807) is 6.20 Å². The van der Waals surface area contributed by atoms with Crippen LogP contribution in [0, 0.1) is 0 Å². The Morgan fingerprint density at radius 1 is 1.19 bits per heavy atom. The van der Waals surface area contributed by atoms with Gasteiger partial charge >= 0.3 is 0 Å². The summed E-state index contributed by atoms with van der Waals surface area (Å²) in [6, 6.07) is 4.21. The van der Waals surface area contributed by atoms with Gasteiger partial charge < -0.3 is 15.2 Å². The van der Waals surface area contributed by atoms with E-state index in [-0.39, 0.29) is 6.04 Å². The summed E-state index contributed by atoms with van der Waals surface area (Å²) in [5, 5.41) is 7.15. The van der Waals surface area contributed by atoms with E-state index in [0.717, 1.165) is 61.8 Å². The largest absolute Gasteiger partial charge is 0.365 e. The van der Waals surface area contributed by atoms with E-state index in [2.05, 4.69) is 32.1 Å². The number of nitrogens with zero attached hydrogens (tertiary/aromatic N) is 5. The van der Waals surface area contributed by atoms with Crippen LogP contribution >= 0.6 is 0 Å². The van der Waals surface area contributed by atoms with Gasteiger partial charge in [0.05, 0.1) is 12.0 Å². The number of imidazole rings is 1. The molecule has 1 aliphatic heterocycles. The number of rotatable bonds is 6. The van der Waals surface area contributed by atoms with Gasteiger partial charge in [-0.25, -0.2) is 15.0 Å². The number of pyridine rings is 1. The van der Waals surface area contributed by atoms with Crippen molar-refractivity contribution in [1.29, 1.82) is 0 Å². The van der Waals surface area contributed by atoms with E-state index in [0.29, 0.717) is 0 Å². The van der Waals surface area contributed by atoms with Crippen LogP contribution in [0.15, 0.2) is 43.2 Å². The van der Waals surface area contributed by atoms with Crippen LogP contribution < -0.4 is 10.6 Å². The molecule has 0 bridgehead atoms. The number of fused-ring (bicyclic) bond motifs is 1. The molecule has 0 aromatic carbocycles. The van der Waals surface area contributed by atoms with Crippen LogP contribution in [0.1, 0.15) is 24.6 Å². The highest BCUT2D eigenvalue weighted by atomic mass is 15.1. The zero-order valence-corrected chi connectivity index (χ0v) is 15.6. The lowest BCUT2D eigenvalue weighted by Gasteiger charge is -2.21. The second-order valence-corrected chi connectivity index (χ2v) is 6.82. The highest BCUT2D eigenvalue weighted by molar-refractivity contribution is 5.59. The molecule has 0 saturated heterocycles. The molecule has 7 nitrogen and oxygen atoms in total.